The number of hydrogen-bond donors (Lipinski definition) is 2. The highest BCUT2D eigenvalue weighted by atomic mass is 19.4. The molecule has 0 unspecified atom stereocenters. The molecule has 0 bridgehead atoms. The average molecular weight is 261 g/mol. The number of aromatic hydroxyl groups is 1. The lowest BCUT2D eigenvalue weighted by Crippen LogP contribution is -2.26. The van der Waals surface area contributed by atoms with Crippen molar-refractivity contribution in [3.63, 3.8) is 0 Å². The van der Waals surface area contributed by atoms with E-state index in [4.69, 9.17) is 0 Å². The monoisotopic (exact) mass is 261 g/mol. The molecule has 0 atom stereocenters. The van der Waals surface area contributed by atoms with Crippen molar-refractivity contribution in [3.8, 4) is 11.5 Å². The van der Waals surface area contributed by atoms with Gasteiger partial charge in [0.1, 0.15) is 11.5 Å². The fourth-order valence-corrected chi connectivity index (χ4v) is 2.20. The number of piperidine rings is 1. The Kier molecular flexibility index (Phi) is 3.65. The lowest BCUT2D eigenvalue weighted by atomic mass is 9.89. The topological polar surface area (TPSA) is 41.5 Å². The summed E-state index contributed by atoms with van der Waals surface area (Å²) in [5.41, 5.74) is 0.686. The van der Waals surface area contributed by atoms with Crippen LogP contribution < -0.4 is 10.1 Å². The number of hydrogen-bond acceptors (Lipinski definition) is 3. The maximum absolute atomic E-state index is 12.0. The van der Waals surface area contributed by atoms with Crippen molar-refractivity contribution >= 4 is 0 Å². The maximum Gasteiger partial charge on any atom is 0.573 e. The van der Waals surface area contributed by atoms with Crippen molar-refractivity contribution in [2.75, 3.05) is 13.1 Å². The molecule has 0 radical (unpaired) electrons. The van der Waals surface area contributed by atoms with Crippen LogP contribution in [0.1, 0.15) is 24.3 Å². The summed E-state index contributed by atoms with van der Waals surface area (Å²) >= 11 is 0. The van der Waals surface area contributed by atoms with Crippen LogP contribution in [0.4, 0.5) is 13.2 Å². The van der Waals surface area contributed by atoms with E-state index in [-0.39, 0.29) is 11.7 Å². The summed E-state index contributed by atoms with van der Waals surface area (Å²) in [5, 5.41) is 13.0. The number of phenols is 1. The highest BCUT2D eigenvalue weighted by Gasteiger charge is 2.31. The molecule has 1 aliphatic heterocycles. The van der Waals surface area contributed by atoms with Crippen LogP contribution in [-0.2, 0) is 0 Å². The summed E-state index contributed by atoms with van der Waals surface area (Å²) in [6.45, 7) is 1.70. The van der Waals surface area contributed by atoms with Crippen molar-refractivity contribution in [1.82, 2.24) is 5.32 Å². The number of halogens is 3. The largest absolute Gasteiger partial charge is 0.573 e. The summed E-state index contributed by atoms with van der Waals surface area (Å²) in [7, 11) is 0. The summed E-state index contributed by atoms with van der Waals surface area (Å²) in [4.78, 5) is 0. The molecule has 1 heterocycles. The molecule has 2 N–H and O–H groups in total. The summed E-state index contributed by atoms with van der Waals surface area (Å²) in [5.74, 6) is -0.340. The number of nitrogens with one attached hydrogen (secondary N) is 1. The van der Waals surface area contributed by atoms with Gasteiger partial charge in [-0.2, -0.15) is 0 Å². The quantitative estimate of drug-likeness (QED) is 0.860. The average Bonchev–Trinajstić information content (AvgIpc) is 2.28. The second-order valence-corrected chi connectivity index (χ2v) is 4.29. The van der Waals surface area contributed by atoms with Crippen LogP contribution in [0.25, 0.3) is 0 Å². The Bertz CT molecular complexity index is 414. The predicted octanol–water partition coefficient (Wildman–Crippen LogP) is 2.76. The lowest BCUT2D eigenvalue weighted by Gasteiger charge is -2.23. The van der Waals surface area contributed by atoms with Gasteiger partial charge in [0.25, 0.3) is 0 Å². The molecule has 1 saturated heterocycles. The van der Waals surface area contributed by atoms with Crippen LogP contribution in [0.2, 0.25) is 0 Å². The first kappa shape index (κ1) is 13.0. The molecule has 100 valence electrons. The van der Waals surface area contributed by atoms with Crippen LogP contribution in [0.5, 0.6) is 11.5 Å². The SMILES string of the molecule is Oc1cc(OC(F)(F)F)ccc1C1CCNCC1. The molecule has 1 aromatic carbocycles. The standard InChI is InChI=1S/C12H14F3NO2/c13-12(14,15)18-9-1-2-10(11(17)7-9)8-3-5-16-6-4-8/h1-2,7-8,16-17H,3-6H2. The molecule has 0 aliphatic carbocycles. The summed E-state index contributed by atoms with van der Waals surface area (Å²) in [6.07, 6.45) is -3.00. The summed E-state index contributed by atoms with van der Waals surface area (Å²) in [6, 6.07) is 3.77. The zero-order valence-corrected chi connectivity index (χ0v) is 9.63. The van der Waals surface area contributed by atoms with E-state index < -0.39 is 12.1 Å². The minimum Gasteiger partial charge on any atom is -0.508 e. The van der Waals surface area contributed by atoms with Crippen LogP contribution in [0.15, 0.2) is 18.2 Å². The van der Waals surface area contributed by atoms with Crippen LogP contribution in [-0.4, -0.2) is 24.6 Å². The predicted molar refractivity (Wildman–Crippen MR) is 59.6 cm³/mol. The van der Waals surface area contributed by atoms with E-state index in [9.17, 15) is 18.3 Å². The molecule has 2 rings (SSSR count). The lowest BCUT2D eigenvalue weighted by molar-refractivity contribution is -0.274. The molecule has 3 nitrogen and oxygen atoms in total. The Morgan fingerprint density at radius 3 is 2.44 bits per heavy atom. The first-order valence-corrected chi connectivity index (χ1v) is 5.75. The van der Waals surface area contributed by atoms with Crippen molar-refractivity contribution in [3.05, 3.63) is 23.8 Å². The second-order valence-electron chi connectivity index (χ2n) is 4.29. The number of benzene rings is 1. The molecule has 0 amide bonds. The normalized spacial score (nSPS) is 17.7. The molecular weight excluding hydrogens is 247 g/mol. The Morgan fingerprint density at radius 2 is 1.89 bits per heavy atom. The molecule has 0 aromatic heterocycles. The smallest absolute Gasteiger partial charge is 0.508 e. The van der Waals surface area contributed by atoms with Crippen molar-refractivity contribution in [2.45, 2.75) is 25.1 Å². The number of phenolic OH excluding ortho intramolecular Hbond substituents is 1. The maximum atomic E-state index is 12.0. The van der Waals surface area contributed by atoms with E-state index >= 15 is 0 Å². The fraction of sp³-hybridized carbons (Fsp3) is 0.500. The van der Waals surface area contributed by atoms with Gasteiger partial charge >= 0.3 is 6.36 Å². The van der Waals surface area contributed by atoms with Gasteiger partial charge in [-0.1, -0.05) is 6.07 Å². The van der Waals surface area contributed by atoms with Crippen molar-refractivity contribution in [2.24, 2.45) is 0 Å². The minimum absolute atomic E-state index is 0.136. The second kappa shape index (κ2) is 5.06. The molecule has 0 saturated carbocycles. The van der Waals surface area contributed by atoms with E-state index in [0.29, 0.717) is 5.56 Å². The van der Waals surface area contributed by atoms with Gasteiger partial charge in [0.15, 0.2) is 0 Å². The van der Waals surface area contributed by atoms with Gasteiger partial charge in [-0.15, -0.1) is 13.2 Å². The van der Waals surface area contributed by atoms with Crippen LogP contribution >= 0.6 is 0 Å². The highest BCUT2D eigenvalue weighted by Crippen LogP contribution is 2.35. The third-order valence-corrected chi connectivity index (χ3v) is 3.01. The number of alkyl halides is 3. The molecule has 1 fully saturated rings. The van der Waals surface area contributed by atoms with Gasteiger partial charge in [-0.25, -0.2) is 0 Å². The van der Waals surface area contributed by atoms with E-state index in [1.807, 2.05) is 0 Å². The van der Waals surface area contributed by atoms with Gasteiger partial charge < -0.3 is 15.2 Å². The van der Waals surface area contributed by atoms with E-state index in [1.54, 1.807) is 0 Å². The molecule has 18 heavy (non-hydrogen) atoms. The Balaban J connectivity index is 2.14. The van der Waals surface area contributed by atoms with Gasteiger partial charge in [-0.3, -0.25) is 0 Å². The Morgan fingerprint density at radius 1 is 1.22 bits per heavy atom. The molecular formula is C12H14F3NO2. The van der Waals surface area contributed by atoms with Gasteiger partial charge in [0, 0.05) is 6.07 Å². The molecule has 1 aliphatic rings. The minimum atomic E-state index is -4.73. The number of ether oxygens (including phenoxy) is 1. The fourth-order valence-electron chi connectivity index (χ4n) is 2.20. The first-order valence-electron chi connectivity index (χ1n) is 5.75. The number of rotatable bonds is 2. The van der Waals surface area contributed by atoms with E-state index in [2.05, 4.69) is 10.1 Å². The third-order valence-electron chi connectivity index (χ3n) is 3.01. The van der Waals surface area contributed by atoms with E-state index in [0.717, 1.165) is 32.0 Å². The Labute approximate surface area is 103 Å². The first-order chi connectivity index (χ1) is 8.46. The van der Waals surface area contributed by atoms with Crippen molar-refractivity contribution in [1.29, 1.82) is 0 Å². The third kappa shape index (κ3) is 3.29. The van der Waals surface area contributed by atoms with Crippen LogP contribution in [0.3, 0.4) is 0 Å². The van der Waals surface area contributed by atoms with Gasteiger partial charge in [0.05, 0.1) is 0 Å². The molecule has 1 aromatic rings. The van der Waals surface area contributed by atoms with Crippen LogP contribution in [0, 0.1) is 0 Å². The molecule has 0 spiro atoms. The zero-order chi connectivity index (χ0) is 13.2. The van der Waals surface area contributed by atoms with Crippen molar-refractivity contribution < 1.29 is 23.0 Å². The Hall–Kier alpha value is -1.43. The molecule has 6 heteroatoms. The van der Waals surface area contributed by atoms with Gasteiger partial charge in [-0.05, 0) is 43.5 Å². The zero-order valence-electron chi connectivity index (χ0n) is 9.63. The summed E-state index contributed by atoms with van der Waals surface area (Å²) < 4.78 is 39.8. The highest BCUT2D eigenvalue weighted by molar-refractivity contribution is 5.42. The van der Waals surface area contributed by atoms with E-state index in [1.165, 1.54) is 12.1 Å². The van der Waals surface area contributed by atoms with Gasteiger partial charge in [0.2, 0.25) is 0 Å².